The van der Waals surface area contributed by atoms with E-state index in [2.05, 4.69) is 0 Å². The molecule has 0 fully saturated rings. The van der Waals surface area contributed by atoms with Crippen molar-refractivity contribution in [3.63, 3.8) is 0 Å². The van der Waals surface area contributed by atoms with Gasteiger partial charge in [-0.15, -0.1) is 0 Å². The van der Waals surface area contributed by atoms with Gasteiger partial charge in [-0.1, -0.05) is 0 Å². The van der Waals surface area contributed by atoms with E-state index < -0.39 is 26.5 Å². The number of hydrogen-bond acceptors (Lipinski definition) is 3. The van der Waals surface area contributed by atoms with Crippen LogP contribution >= 0.6 is 0 Å². The van der Waals surface area contributed by atoms with Crippen LogP contribution in [0.2, 0.25) is 0 Å². The first kappa shape index (κ1) is 13.7. The van der Waals surface area contributed by atoms with E-state index in [1.165, 1.54) is 24.5 Å². The molecule has 0 unspecified atom stereocenters. The molecule has 0 aliphatic carbocycles. The zero-order valence-corrected chi connectivity index (χ0v) is 10.5. The summed E-state index contributed by atoms with van der Waals surface area (Å²) in [6.07, 6.45) is -2.68. The SMILES string of the molecule is CS(=O)(=O)c1ccc(-c2ccco2)cc1C(F)(F)F. The number of benzene rings is 1. The Morgan fingerprint density at radius 2 is 1.84 bits per heavy atom. The van der Waals surface area contributed by atoms with Crippen LogP contribution in [0, 0.1) is 0 Å². The Morgan fingerprint density at radius 1 is 1.16 bits per heavy atom. The summed E-state index contributed by atoms with van der Waals surface area (Å²) in [7, 11) is -3.95. The molecule has 1 aromatic carbocycles. The Balaban J connectivity index is 2.68. The monoisotopic (exact) mass is 290 g/mol. The standard InChI is InChI=1S/C12H9F3O3S/c1-19(16,17)11-5-4-8(10-3-2-6-18-10)7-9(11)12(13,14)15/h2-7H,1H3. The first-order valence-corrected chi connectivity index (χ1v) is 7.04. The second-order valence-corrected chi connectivity index (χ2v) is 5.94. The van der Waals surface area contributed by atoms with Crippen LogP contribution in [0.25, 0.3) is 11.3 Å². The molecule has 102 valence electrons. The van der Waals surface area contributed by atoms with E-state index in [-0.39, 0.29) is 11.3 Å². The molecule has 0 radical (unpaired) electrons. The van der Waals surface area contributed by atoms with Crippen molar-refractivity contribution >= 4 is 9.84 Å². The van der Waals surface area contributed by atoms with Crippen LogP contribution in [0.3, 0.4) is 0 Å². The second-order valence-electron chi connectivity index (χ2n) is 3.96. The highest BCUT2D eigenvalue weighted by atomic mass is 32.2. The Bertz CT molecular complexity index is 686. The number of sulfone groups is 1. The van der Waals surface area contributed by atoms with Gasteiger partial charge in [0, 0.05) is 11.8 Å². The van der Waals surface area contributed by atoms with Crippen molar-refractivity contribution < 1.29 is 26.0 Å². The fraction of sp³-hybridized carbons (Fsp3) is 0.167. The van der Waals surface area contributed by atoms with E-state index in [1.807, 2.05) is 0 Å². The Morgan fingerprint density at radius 3 is 2.32 bits per heavy atom. The summed E-state index contributed by atoms with van der Waals surface area (Å²) in [4.78, 5) is -0.740. The molecule has 0 aliphatic rings. The van der Waals surface area contributed by atoms with Crippen molar-refractivity contribution in [2.45, 2.75) is 11.1 Å². The van der Waals surface area contributed by atoms with Gasteiger partial charge in [0.15, 0.2) is 9.84 Å². The topological polar surface area (TPSA) is 47.3 Å². The van der Waals surface area contributed by atoms with Gasteiger partial charge in [0.25, 0.3) is 0 Å². The first-order chi connectivity index (χ1) is 8.69. The first-order valence-electron chi connectivity index (χ1n) is 5.15. The quantitative estimate of drug-likeness (QED) is 0.852. The number of alkyl halides is 3. The van der Waals surface area contributed by atoms with E-state index in [0.29, 0.717) is 0 Å². The van der Waals surface area contributed by atoms with E-state index >= 15 is 0 Å². The zero-order valence-electron chi connectivity index (χ0n) is 9.73. The molecule has 3 nitrogen and oxygen atoms in total. The van der Waals surface area contributed by atoms with Crippen molar-refractivity contribution in [3.05, 3.63) is 42.2 Å². The summed E-state index contributed by atoms with van der Waals surface area (Å²) in [6.45, 7) is 0. The second kappa shape index (κ2) is 4.41. The third-order valence-electron chi connectivity index (χ3n) is 2.49. The summed E-state index contributed by atoms with van der Waals surface area (Å²) in [5.74, 6) is 0.241. The van der Waals surface area contributed by atoms with Gasteiger partial charge in [-0.2, -0.15) is 13.2 Å². The Labute approximate surface area is 107 Å². The van der Waals surface area contributed by atoms with Gasteiger partial charge in [-0.25, -0.2) is 8.42 Å². The predicted octanol–water partition coefficient (Wildman–Crippen LogP) is 3.37. The number of rotatable bonds is 2. The third kappa shape index (κ3) is 2.81. The van der Waals surface area contributed by atoms with E-state index in [4.69, 9.17) is 4.42 Å². The maximum absolute atomic E-state index is 12.9. The van der Waals surface area contributed by atoms with Crippen molar-refractivity contribution in [2.24, 2.45) is 0 Å². The molecular formula is C12H9F3O3S. The molecule has 2 rings (SSSR count). The minimum Gasteiger partial charge on any atom is -0.464 e. The van der Waals surface area contributed by atoms with Crippen molar-refractivity contribution in [2.75, 3.05) is 6.26 Å². The lowest BCUT2D eigenvalue weighted by atomic mass is 10.1. The summed E-state index contributed by atoms with van der Waals surface area (Å²) in [5.41, 5.74) is -1.02. The fourth-order valence-electron chi connectivity index (χ4n) is 1.67. The Kier molecular flexibility index (Phi) is 3.17. The van der Waals surface area contributed by atoms with Crippen molar-refractivity contribution in [1.29, 1.82) is 0 Å². The van der Waals surface area contributed by atoms with Crippen molar-refractivity contribution in [1.82, 2.24) is 0 Å². The Hall–Kier alpha value is -1.76. The number of hydrogen-bond donors (Lipinski definition) is 0. The number of halogens is 3. The van der Waals surface area contributed by atoms with Crippen LogP contribution in [0.15, 0.2) is 45.9 Å². The molecular weight excluding hydrogens is 281 g/mol. The van der Waals surface area contributed by atoms with Gasteiger partial charge >= 0.3 is 6.18 Å². The highest BCUT2D eigenvalue weighted by molar-refractivity contribution is 7.90. The molecule has 7 heteroatoms. The van der Waals surface area contributed by atoms with Crippen LogP contribution in [-0.4, -0.2) is 14.7 Å². The average Bonchev–Trinajstić information content (AvgIpc) is 2.79. The van der Waals surface area contributed by atoms with Gasteiger partial charge in [-0.3, -0.25) is 0 Å². The maximum Gasteiger partial charge on any atom is 0.417 e. The summed E-state index contributed by atoms with van der Waals surface area (Å²) in [6, 6.07) is 6.03. The molecule has 0 amide bonds. The molecule has 0 saturated heterocycles. The van der Waals surface area contributed by atoms with Crippen LogP contribution in [0.1, 0.15) is 5.56 Å². The molecule has 0 spiro atoms. The summed E-state index contributed by atoms with van der Waals surface area (Å²) >= 11 is 0. The lowest BCUT2D eigenvalue weighted by molar-refractivity contribution is -0.139. The van der Waals surface area contributed by atoms with Gasteiger partial charge in [0.05, 0.1) is 16.7 Å². The molecule has 2 aromatic rings. The molecule has 0 saturated carbocycles. The highest BCUT2D eigenvalue weighted by Crippen LogP contribution is 2.36. The van der Waals surface area contributed by atoms with Gasteiger partial charge in [0.2, 0.25) is 0 Å². The molecule has 19 heavy (non-hydrogen) atoms. The zero-order chi connectivity index (χ0) is 14.3. The molecule has 1 aromatic heterocycles. The minimum atomic E-state index is -4.75. The minimum absolute atomic E-state index is 0.171. The van der Waals surface area contributed by atoms with E-state index in [0.717, 1.165) is 18.4 Å². The van der Waals surface area contributed by atoms with Crippen LogP contribution in [-0.2, 0) is 16.0 Å². The van der Waals surface area contributed by atoms with Crippen LogP contribution in [0.4, 0.5) is 13.2 Å². The predicted molar refractivity (Wildman–Crippen MR) is 62.3 cm³/mol. The van der Waals surface area contributed by atoms with Crippen LogP contribution < -0.4 is 0 Å². The molecule has 0 atom stereocenters. The van der Waals surface area contributed by atoms with Crippen molar-refractivity contribution in [3.8, 4) is 11.3 Å². The third-order valence-corrected chi connectivity index (χ3v) is 3.65. The van der Waals surface area contributed by atoms with Gasteiger partial charge in [-0.05, 0) is 30.3 Å². The van der Waals surface area contributed by atoms with Gasteiger partial charge in [0.1, 0.15) is 5.76 Å². The van der Waals surface area contributed by atoms with Gasteiger partial charge < -0.3 is 4.42 Å². The maximum atomic E-state index is 12.9. The average molecular weight is 290 g/mol. The lowest BCUT2D eigenvalue weighted by Gasteiger charge is -2.12. The molecule has 0 N–H and O–H groups in total. The normalized spacial score (nSPS) is 12.6. The molecule has 1 heterocycles. The largest absolute Gasteiger partial charge is 0.464 e. The van der Waals surface area contributed by atoms with E-state index in [1.54, 1.807) is 0 Å². The fourth-order valence-corrected chi connectivity index (χ4v) is 2.56. The lowest BCUT2D eigenvalue weighted by Crippen LogP contribution is -2.12. The van der Waals surface area contributed by atoms with Crippen LogP contribution in [0.5, 0.6) is 0 Å². The molecule has 0 aliphatic heterocycles. The smallest absolute Gasteiger partial charge is 0.417 e. The summed E-state index contributed by atoms with van der Waals surface area (Å²) in [5, 5.41) is 0. The van der Waals surface area contributed by atoms with E-state index in [9.17, 15) is 21.6 Å². The highest BCUT2D eigenvalue weighted by Gasteiger charge is 2.36. The summed E-state index contributed by atoms with van der Waals surface area (Å²) < 4.78 is 66.5. The number of furan rings is 1. The molecule has 0 bridgehead atoms.